The minimum Gasteiger partial charge on any atom is -0.330 e. The summed E-state index contributed by atoms with van der Waals surface area (Å²) >= 11 is 0. The zero-order chi connectivity index (χ0) is 11.3. The van der Waals surface area contributed by atoms with E-state index in [1.165, 1.54) is 12.1 Å². The normalized spacial score (nSPS) is 12.0. The topological polar surface area (TPSA) is 52.0 Å². The van der Waals surface area contributed by atoms with Crippen molar-refractivity contribution in [2.24, 2.45) is 11.5 Å². The summed E-state index contributed by atoms with van der Waals surface area (Å²) in [5, 5.41) is 0. The average molecular weight is 251 g/mol. The third kappa shape index (κ3) is 4.43. The van der Waals surface area contributed by atoms with Crippen molar-refractivity contribution in [2.45, 2.75) is 25.3 Å². The van der Waals surface area contributed by atoms with Crippen molar-refractivity contribution in [1.82, 2.24) is 0 Å². The monoisotopic (exact) mass is 250 g/mol. The van der Waals surface area contributed by atoms with Crippen LogP contribution in [0.3, 0.4) is 0 Å². The molecular weight excluding hydrogens is 234 g/mol. The molecule has 0 fully saturated rings. The Labute approximate surface area is 100 Å². The van der Waals surface area contributed by atoms with Crippen LogP contribution in [-0.4, -0.2) is 6.54 Å². The quantitative estimate of drug-likeness (QED) is 0.789. The summed E-state index contributed by atoms with van der Waals surface area (Å²) in [4.78, 5) is 0. The highest BCUT2D eigenvalue weighted by molar-refractivity contribution is 5.85. The molecule has 0 spiro atoms. The number of benzene rings is 1. The number of hydrogen-bond donors (Lipinski definition) is 2. The summed E-state index contributed by atoms with van der Waals surface area (Å²) in [6.07, 6.45) is 2.39. The van der Waals surface area contributed by atoms with Gasteiger partial charge in [0.2, 0.25) is 0 Å². The molecule has 92 valence electrons. The lowest BCUT2D eigenvalue weighted by Gasteiger charge is -2.12. The Morgan fingerprint density at radius 1 is 1.19 bits per heavy atom. The van der Waals surface area contributed by atoms with Gasteiger partial charge in [0.25, 0.3) is 0 Å². The summed E-state index contributed by atoms with van der Waals surface area (Å²) in [7, 11) is 0. The van der Waals surface area contributed by atoms with Gasteiger partial charge >= 0.3 is 0 Å². The molecule has 0 radical (unpaired) electrons. The molecule has 1 rings (SSSR count). The van der Waals surface area contributed by atoms with Gasteiger partial charge in [-0.1, -0.05) is 12.5 Å². The highest BCUT2D eigenvalue weighted by Crippen LogP contribution is 2.20. The second-order valence-corrected chi connectivity index (χ2v) is 3.56. The molecule has 0 aromatic heterocycles. The summed E-state index contributed by atoms with van der Waals surface area (Å²) in [6, 6.07) is 3.11. The van der Waals surface area contributed by atoms with Gasteiger partial charge in [0.1, 0.15) is 11.6 Å². The van der Waals surface area contributed by atoms with Gasteiger partial charge in [0, 0.05) is 17.7 Å². The van der Waals surface area contributed by atoms with Gasteiger partial charge < -0.3 is 11.5 Å². The second kappa shape index (κ2) is 7.54. The lowest BCUT2D eigenvalue weighted by atomic mass is 10.0. The van der Waals surface area contributed by atoms with Crippen LogP contribution < -0.4 is 11.5 Å². The minimum atomic E-state index is -0.578. The molecule has 0 saturated carbocycles. The van der Waals surface area contributed by atoms with Crippen LogP contribution in [0, 0.1) is 11.6 Å². The van der Waals surface area contributed by atoms with Crippen molar-refractivity contribution >= 4 is 12.4 Å². The molecule has 1 aromatic carbocycles. The molecule has 0 unspecified atom stereocenters. The van der Waals surface area contributed by atoms with Crippen LogP contribution >= 0.6 is 12.4 Å². The van der Waals surface area contributed by atoms with Gasteiger partial charge in [-0.05, 0) is 25.5 Å². The molecule has 0 aliphatic heterocycles. The summed E-state index contributed by atoms with van der Waals surface area (Å²) < 4.78 is 25.9. The molecule has 0 heterocycles. The van der Waals surface area contributed by atoms with E-state index in [-0.39, 0.29) is 18.4 Å². The molecule has 5 heteroatoms. The molecule has 0 aliphatic carbocycles. The Kier molecular flexibility index (Phi) is 7.21. The average Bonchev–Trinajstić information content (AvgIpc) is 2.17. The maximum Gasteiger partial charge on any atom is 0.130 e. The highest BCUT2D eigenvalue weighted by Gasteiger charge is 2.11. The van der Waals surface area contributed by atoms with Crippen LogP contribution in [0.5, 0.6) is 0 Å². The third-order valence-electron chi connectivity index (χ3n) is 2.33. The number of hydrogen-bond acceptors (Lipinski definition) is 2. The molecule has 0 amide bonds. The summed E-state index contributed by atoms with van der Waals surface area (Å²) in [5.41, 5.74) is 11.5. The van der Waals surface area contributed by atoms with Crippen molar-refractivity contribution in [2.75, 3.05) is 6.54 Å². The molecular formula is C11H17ClF2N2. The van der Waals surface area contributed by atoms with Gasteiger partial charge in [-0.25, -0.2) is 8.78 Å². The molecule has 1 aromatic rings. The predicted octanol–water partition coefficient (Wildman–Crippen LogP) is 2.52. The van der Waals surface area contributed by atoms with E-state index in [4.69, 9.17) is 11.5 Å². The Morgan fingerprint density at radius 3 is 2.44 bits per heavy atom. The van der Waals surface area contributed by atoms with Gasteiger partial charge in [0.15, 0.2) is 0 Å². The first-order valence-electron chi connectivity index (χ1n) is 5.05. The predicted molar refractivity (Wildman–Crippen MR) is 63.4 cm³/mol. The van der Waals surface area contributed by atoms with Crippen LogP contribution in [0.2, 0.25) is 0 Å². The van der Waals surface area contributed by atoms with Crippen molar-refractivity contribution in [3.8, 4) is 0 Å². The van der Waals surface area contributed by atoms with E-state index < -0.39 is 11.6 Å². The van der Waals surface area contributed by atoms with Crippen molar-refractivity contribution in [1.29, 1.82) is 0 Å². The fourth-order valence-corrected chi connectivity index (χ4v) is 1.47. The number of rotatable bonds is 5. The molecule has 16 heavy (non-hydrogen) atoms. The zero-order valence-corrected chi connectivity index (χ0v) is 9.77. The SMILES string of the molecule is Cl.NCCCC[C@@H](N)c1ccc(F)cc1F. The Balaban J connectivity index is 0.00000225. The van der Waals surface area contributed by atoms with Crippen molar-refractivity contribution in [3.05, 3.63) is 35.4 Å². The summed E-state index contributed by atoms with van der Waals surface area (Å²) in [6.45, 7) is 0.610. The Bertz CT molecular complexity index is 321. The molecule has 4 N–H and O–H groups in total. The summed E-state index contributed by atoms with van der Waals surface area (Å²) in [5.74, 6) is -1.15. The maximum absolute atomic E-state index is 13.3. The van der Waals surface area contributed by atoms with Crippen LogP contribution in [0.4, 0.5) is 8.78 Å². The largest absolute Gasteiger partial charge is 0.330 e. The fourth-order valence-electron chi connectivity index (χ4n) is 1.47. The van der Waals surface area contributed by atoms with Crippen LogP contribution in [-0.2, 0) is 0 Å². The Morgan fingerprint density at radius 2 is 1.88 bits per heavy atom. The van der Waals surface area contributed by atoms with E-state index >= 15 is 0 Å². The number of unbranched alkanes of at least 4 members (excludes halogenated alkanes) is 1. The van der Waals surface area contributed by atoms with Gasteiger partial charge in [-0.15, -0.1) is 12.4 Å². The molecule has 0 saturated heterocycles. The highest BCUT2D eigenvalue weighted by atomic mass is 35.5. The standard InChI is InChI=1S/C11H16F2N2.ClH/c12-8-4-5-9(10(13)7-8)11(15)3-1-2-6-14;/h4-5,7,11H,1-3,6,14-15H2;1H/t11-;/m1./s1. The lowest BCUT2D eigenvalue weighted by Crippen LogP contribution is -2.13. The van der Waals surface area contributed by atoms with E-state index in [1.807, 2.05) is 0 Å². The number of halogens is 3. The van der Waals surface area contributed by atoms with Crippen LogP contribution in [0.25, 0.3) is 0 Å². The van der Waals surface area contributed by atoms with E-state index in [0.29, 0.717) is 18.5 Å². The molecule has 2 nitrogen and oxygen atoms in total. The first kappa shape index (κ1) is 15.3. The van der Waals surface area contributed by atoms with E-state index in [9.17, 15) is 8.78 Å². The zero-order valence-electron chi connectivity index (χ0n) is 8.96. The third-order valence-corrected chi connectivity index (χ3v) is 2.33. The molecule has 0 bridgehead atoms. The second-order valence-electron chi connectivity index (χ2n) is 3.56. The molecule has 1 atom stereocenters. The first-order chi connectivity index (χ1) is 7.15. The minimum absolute atomic E-state index is 0. The molecule has 0 aliphatic rings. The van der Waals surface area contributed by atoms with Gasteiger partial charge in [-0.3, -0.25) is 0 Å². The fraction of sp³-hybridized carbons (Fsp3) is 0.455. The van der Waals surface area contributed by atoms with Crippen LogP contribution in [0.1, 0.15) is 30.9 Å². The van der Waals surface area contributed by atoms with Crippen molar-refractivity contribution < 1.29 is 8.78 Å². The smallest absolute Gasteiger partial charge is 0.130 e. The van der Waals surface area contributed by atoms with Gasteiger partial charge in [-0.2, -0.15) is 0 Å². The van der Waals surface area contributed by atoms with Crippen molar-refractivity contribution in [3.63, 3.8) is 0 Å². The Hall–Kier alpha value is -0.710. The van der Waals surface area contributed by atoms with E-state index in [1.54, 1.807) is 0 Å². The lowest BCUT2D eigenvalue weighted by molar-refractivity contribution is 0.530. The van der Waals surface area contributed by atoms with Gasteiger partial charge in [0.05, 0.1) is 0 Å². The first-order valence-corrected chi connectivity index (χ1v) is 5.05. The van der Waals surface area contributed by atoms with E-state index in [2.05, 4.69) is 0 Å². The van der Waals surface area contributed by atoms with Crippen LogP contribution in [0.15, 0.2) is 18.2 Å². The maximum atomic E-state index is 13.3. The van der Waals surface area contributed by atoms with E-state index in [0.717, 1.165) is 18.9 Å². The number of nitrogens with two attached hydrogens (primary N) is 2.